The minimum Gasteiger partial charge on any atom is -0.309 e. The summed E-state index contributed by atoms with van der Waals surface area (Å²) < 4.78 is 2.61. The third-order valence-corrected chi connectivity index (χ3v) is 11.1. The molecule has 10 aromatic rings. The second kappa shape index (κ2) is 11.7. The van der Waals surface area contributed by atoms with Crippen molar-refractivity contribution in [2.45, 2.75) is 0 Å². The fourth-order valence-electron chi connectivity index (χ4n) is 7.55. The molecule has 0 bridgehead atoms. The Hall–Kier alpha value is -6.22. The molecule has 0 N–H and O–H groups in total. The SMILES string of the molecule is c1cc(-c2ccc3ccccc3c2)cc(-c2ccc3cc(N(c4cccc5ccccc45)c4cccc5sc6ccccc6c45)ccc3c2)c1. The normalized spacial score (nSPS) is 11.6. The largest absolute Gasteiger partial charge is 0.309 e. The maximum atomic E-state index is 2.46. The van der Waals surface area contributed by atoms with Crippen molar-refractivity contribution >= 4 is 80.9 Å². The standard InChI is InChI=1S/C48H31NS/c1-2-12-34-28-37(23-22-32(34)10-1)35-14-7-15-36(29-35)38-24-25-40-31-41(27-26-39(40)30-38)49(44-18-8-13-33-11-3-4-16-42(33)44)45-19-9-21-47-48(45)43-17-5-6-20-46(43)50-47/h1-31H. The molecule has 234 valence electrons. The van der Waals surface area contributed by atoms with E-state index in [9.17, 15) is 0 Å². The second-order valence-electron chi connectivity index (χ2n) is 13.0. The van der Waals surface area contributed by atoms with Crippen LogP contribution in [0.4, 0.5) is 17.1 Å². The Balaban J connectivity index is 1.10. The first kappa shape index (κ1) is 28.8. The summed E-state index contributed by atoms with van der Waals surface area (Å²) in [4.78, 5) is 2.46. The van der Waals surface area contributed by atoms with E-state index < -0.39 is 0 Å². The molecule has 1 heterocycles. The van der Waals surface area contributed by atoms with Crippen LogP contribution in [0.1, 0.15) is 0 Å². The highest BCUT2D eigenvalue weighted by Crippen LogP contribution is 2.46. The molecule has 50 heavy (non-hydrogen) atoms. The van der Waals surface area contributed by atoms with Crippen molar-refractivity contribution < 1.29 is 0 Å². The molecule has 0 unspecified atom stereocenters. The van der Waals surface area contributed by atoms with E-state index in [1.165, 1.54) is 86.1 Å². The van der Waals surface area contributed by atoms with Gasteiger partial charge in [0, 0.05) is 31.2 Å². The first-order valence-corrected chi connectivity index (χ1v) is 17.9. The fraction of sp³-hybridized carbons (Fsp3) is 0. The number of fused-ring (bicyclic) bond motifs is 6. The van der Waals surface area contributed by atoms with Gasteiger partial charge in [-0.2, -0.15) is 0 Å². The van der Waals surface area contributed by atoms with Gasteiger partial charge in [0.1, 0.15) is 0 Å². The van der Waals surface area contributed by atoms with Crippen LogP contribution >= 0.6 is 11.3 Å². The van der Waals surface area contributed by atoms with Crippen molar-refractivity contribution in [2.24, 2.45) is 0 Å². The molecule has 0 spiro atoms. The number of rotatable bonds is 5. The lowest BCUT2D eigenvalue weighted by Gasteiger charge is -2.28. The van der Waals surface area contributed by atoms with E-state index in [4.69, 9.17) is 0 Å². The lowest BCUT2D eigenvalue weighted by atomic mass is 9.96. The smallest absolute Gasteiger partial charge is 0.0555 e. The summed E-state index contributed by atoms with van der Waals surface area (Å²) in [7, 11) is 0. The van der Waals surface area contributed by atoms with Gasteiger partial charge in [-0.25, -0.2) is 0 Å². The molecule has 1 aromatic heterocycles. The first-order valence-electron chi connectivity index (χ1n) is 17.1. The van der Waals surface area contributed by atoms with E-state index in [2.05, 4.69) is 193 Å². The van der Waals surface area contributed by atoms with Gasteiger partial charge in [-0.05, 0) is 104 Å². The molecule has 0 aliphatic rings. The lowest BCUT2D eigenvalue weighted by molar-refractivity contribution is 1.32. The zero-order chi connectivity index (χ0) is 33.0. The van der Waals surface area contributed by atoms with Gasteiger partial charge in [-0.1, -0.05) is 133 Å². The molecular weight excluding hydrogens is 623 g/mol. The number of benzene rings is 9. The zero-order valence-corrected chi connectivity index (χ0v) is 28.1. The highest BCUT2D eigenvalue weighted by molar-refractivity contribution is 7.26. The van der Waals surface area contributed by atoms with Crippen molar-refractivity contribution in [3.8, 4) is 22.3 Å². The molecule has 0 atom stereocenters. The van der Waals surface area contributed by atoms with Crippen LogP contribution in [0.25, 0.3) is 74.7 Å². The van der Waals surface area contributed by atoms with Crippen molar-refractivity contribution in [2.75, 3.05) is 4.90 Å². The summed E-state index contributed by atoms with van der Waals surface area (Å²) in [6.45, 7) is 0. The van der Waals surface area contributed by atoms with E-state index in [1.54, 1.807) is 0 Å². The number of anilines is 3. The molecule has 0 aliphatic heterocycles. The van der Waals surface area contributed by atoms with Crippen molar-refractivity contribution in [3.05, 3.63) is 188 Å². The number of nitrogens with zero attached hydrogens (tertiary/aromatic N) is 1. The van der Waals surface area contributed by atoms with Crippen LogP contribution in [0.15, 0.2) is 188 Å². The average Bonchev–Trinajstić information content (AvgIpc) is 3.57. The Morgan fingerprint density at radius 3 is 1.70 bits per heavy atom. The van der Waals surface area contributed by atoms with Gasteiger partial charge in [0.25, 0.3) is 0 Å². The van der Waals surface area contributed by atoms with Crippen LogP contribution in [0.3, 0.4) is 0 Å². The molecule has 0 radical (unpaired) electrons. The van der Waals surface area contributed by atoms with Crippen LogP contribution < -0.4 is 4.90 Å². The van der Waals surface area contributed by atoms with Gasteiger partial charge in [0.2, 0.25) is 0 Å². The quantitative estimate of drug-likeness (QED) is 0.179. The van der Waals surface area contributed by atoms with Crippen molar-refractivity contribution in [1.82, 2.24) is 0 Å². The molecule has 10 rings (SSSR count). The van der Waals surface area contributed by atoms with E-state index in [0.29, 0.717) is 0 Å². The zero-order valence-electron chi connectivity index (χ0n) is 27.3. The monoisotopic (exact) mass is 653 g/mol. The number of thiophene rings is 1. The van der Waals surface area contributed by atoms with Crippen LogP contribution in [0, 0.1) is 0 Å². The molecule has 0 fully saturated rings. The summed E-state index contributed by atoms with van der Waals surface area (Å²) in [6, 6.07) is 68.8. The Morgan fingerprint density at radius 2 is 0.860 bits per heavy atom. The third-order valence-electron chi connectivity index (χ3n) is 9.99. The fourth-order valence-corrected chi connectivity index (χ4v) is 8.68. The summed E-state index contributed by atoms with van der Waals surface area (Å²) in [5.41, 5.74) is 8.40. The Bertz CT molecular complexity index is 2890. The minimum absolute atomic E-state index is 1.14. The third kappa shape index (κ3) is 4.84. The molecule has 9 aromatic carbocycles. The van der Waals surface area contributed by atoms with Crippen molar-refractivity contribution in [3.63, 3.8) is 0 Å². The van der Waals surface area contributed by atoms with Gasteiger partial charge >= 0.3 is 0 Å². The van der Waals surface area contributed by atoms with Gasteiger partial charge in [0.05, 0.1) is 11.4 Å². The van der Waals surface area contributed by atoms with E-state index in [-0.39, 0.29) is 0 Å². The molecule has 0 amide bonds. The lowest BCUT2D eigenvalue weighted by Crippen LogP contribution is -2.10. The molecule has 0 aliphatic carbocycles. The molecule has 1 nitrogen and oxygen atoms in total. The van der Waals surface area contributed by atoms with Crippen LogP contribution in [0.2, 0.25) is 0 Å². The summed E-state index contributed by atoms with van der Waals surface area (Å²) in [5.74, 6) is 0. The molecule has 0 saturated heterocycles. The predicted molar refractivity (Wildman–Crippen MR) is 217 cm³/mol. The minimum atomic E-state index is 1.14. The van der Waals surface area contributed by atoms with Gasteiger partial charge < -0.3 is 4.90 Å². The predicted octanol–water partition coefficient (Wildman–Crippen LogP) is 14.3. The Morgan fingerprint density at radius 1 is 0.320 bits per heavy atom. The maximum absolute atomic E-state index is 2.46. The molecular formula is C48H31NS. The highest BCUT2D eigenvalue weighted by Gasteiger charge is 2.20. The Labute approximate surface area is 294 Å². The second-order valence-corrected chi connectivity index (χ2v) is 14.1. The highest BCUT2D eigenvalue weighted by atomic mass is 32.1. The van der Waals surface area contributed by atoms with Crippen LogP contribution in [0.5, 0.6) is 0 Å². The van der Waals surface area contributed by atoms with Gasteiger partial charge in [-0.15, -0.1) is 11.3 Å². The van der Waals surface area contributed by atoms with Crippen molar-refractivity contribution in [1.29, 1.82) is 0 Å². The topological polar surface area (TPSA) is 3.24 Å². The summed E-state index contributed by atoms with van der Waals surface area (Å²) in [5, 5.41) is 10.0. The van der Waals surface area contributed by atoms with E-state index >= 15 is 0 Å². The van der Waals surface area contributed by atoms with Crippen LogP contribution in [-0.2, 0) is 0 Å². The number of hydrogen-bond donors (Lipinski definition) is 0. The van der Waals surface area contributed by atoms with Crippen LogP contribution in [-0.4, -0.2) is 0 Å². The summed E-state index contributed by atoms with van der Waals surface area (Å²) >= 11 is 1.86. The van der Waals surface area contributed by atoms with Gasteiger partial charge in [0.15, 0.2) is 0 Å². The Kier molecular flexibility index (Phi) is 6.75. The molecule has 0 saturated carbocycles. The first-order chi connectivity index (χ1) is 24.8. The van der Waals surface area contributed by atoms with E-state index in [0.717, 1.165) is 5.69 Å². The molecule has 2 heteroatoms. The number of hydrogen-bond acceptors (Lipinski definition) is 2. The van der Waals surface area contributed by atoms with Gasteiger partial charge in [-0.3, -0.25) is 0 Å². The maximum Gasteiger partial charge on any atom is 0.0555 e. The summed E-state index contributed by atoms with van der Waals surface area (Å²) in [6.07, 6.45) is 0. The van der Waals surface area contributed by atoms with E-state index in [1.807, 2.05) is 11.3 Å². The average molecular weight is 654 g/mol.